The number of halogens is 3. The Hall–Kier alpha value is -4.36. The summed E-state index contributed by atoms with van der Waals surface area (Å²) < 4.78 is 40.7. The average molecular weight is 506 g/mol. The largest absolute Gasteiger partial charge is 0.416 e. The van der Waals surface area contributed by atoms with Gasteiger partial charge in [0.15, 0.2) is 5.65 Å². The molecule has 3 heterocycles. The lowest BCUT2D eigenvalue weighted by Gasteiger charge is -2.16. The molecule has 1 fully saturated rings. The minimum Gasteiger partial charge on any atom is -0.391 e. The van der Waals surface area contributed by atoms with Gasteiger partial charge in [-0.3, -0.25) is 4.79 Å². The van der Waals surface area contributed by atoms with Crippen LogP contribution in [0.4, 0.5) is 24.7 Å². The van der Waals surface area contributed by atoms with Crippen molar-refractivity contribution in [3.05, 3.63) is 88.7 Å². The number of carbonyl (C=O) groups is 1. The Labute approximate surface area is 210 Å². The highest BCUT2D eigenvalue weighted by Gasteiger charge is 2.30. The number of alkyl halides is 3. The van der Waals surface area contributed by atoms with Gasteiger partial charge in [-0.2, -0.15) is 13.2 Å². The number of hydrogen-bond acceptors (Lipinski definition) is 5. The van der Waals surface area contributed by atoms with Crippen molar-refractivity contribution in [1.82, 2.24) is 14.6 Å². The number of hydrogen-bond donors (Lipinski definition) is 2. The minimum absolute atomic E-state index is 0.0499. The molecule has 1 aliphatic heterocycles. The van der Waals surface area contributed by atoms with Crippen LogP contribution in [0.5, 0.6) is 0 Å². The fourth-order valence-corrected chi connectivity index (χ4v) is 4.19. The molecule has 7 nitrogen and oxygen atoms in total. The molecule has 0 radical (unpaired) electrons. The molecule has 1 saturated heterocycles. The number of aliphatic hydroxyl groups excluding tert-OH is 1. The summed E-state index contributed by atoms with van der Waals surface area (Å²) in [6, 6.07) is 13.2. The molecule has 0 aliphatic carbocycles. The van der Waals surface area contributed by atoms with Crippen molar-refractivity contribution in [2.45, 2.75) is 25.6 Å². The van der Waals surface area contributed by atoms with Crippen LogP contribution < -0.4 is 10.2 Å². The van der Waals surface area contributed by atoms with Gasteiger partial charge in [0.05, 0.1) is 17.9 Å². The second-order valence-corrected chi connectivity index (χ2v) is 8.75. The van der Waals surface area contributed by atoms with E-state index in [-0.39, 0.29) is 11.8 Å². The second kappa shape index (κ2) is 9.59. The topological polar surface area (TPSA) is 82.8 Å². The van der Waals surface area contributed by atoms with Crippen molar-refractivity contribution >= 4 is 23.1 Å². The monoisotopic (exact) mass is 505 g/mol. The molecule has 2 aromatic heterocycles. The fourth-order valence-electron chi connectivity index (χ4n) is 4.19. The van der Waals surface area contributed by atoms with Crippen molar-refractivity contribution in [2.75, 3.05) is 23.3 Å². The van der Waals surface area contributed by atoms with Crippen LogP contribution in [0.15, 0.2) is 60.8 Å². The summed E-state index contributed by atoms with van der Waals surface area (Å²) in [4.78, 5) is 19.2. The van der Waals surface area contributed by atoms with Crippen molar-refractivity contribution in [2.24, 2.45) is 0 Å². The number of aromatic nitrogens is 3. The molecule has 10 heteroatoms. The third-order valence-corrected chi connectivity index (χ3v) is 6.19. The van der Waals surface area contributed by atoms with Crippen LogP contribution in [0.3, 0.4) is 0 Å². The third-order valence-electron chi connectivity index (χ3n) is 6.19. The van der Waals surface area contributed by atoms with E-state index in [4.69, 9.17) is 0 Å². The lowest BCUT2D eigenvalue weighted by atomic mass is 10.0. The molecule has 2 N–H and O–H groups in total. The average Bonchev–Trinajstić information content (AvgIpc) is 3.48. The smallest absolute Gasteiger partial charge is 0.391 e. The van der Waals surface area contributed by atoms with Crippen LogP contribution in [-0.4, -0.2) is 44.8 Å². The van der Waals surface area contributed by atoms with E-state index in [9.17, 15) is 23.1 Å². The molecule has 1 unspecified atom stereocenters. The van der Waals surface area contributed by atoms with Gasteiger partial charge in [0, 0.05) is 29.9 Å². The molecule has 1 atom stereocenters. The quantitative estimate of drug-likeness (QED) is 0.406. The van der Waals surface area contributed by atoms with Crippen LogP contribution in [0, 0.1) is 18.8 Å². The maximum Gasteiger partial charge on any atom is 0.416 e. The lowest BCUT2D eigenvalue weighted by Crippen LogP contribution is -2.22. The molecule has 1 aliphatic rings. The van der Waals surface area contributed by atoms with Gasteiger partial charge in [0.1, 0.15) is 11.5 Å². The molecular formula is C27H22F3N5O2. The second-order valence-electron chi connectivity index (χ2n) is 8.75. The first-order valence-electron chi connectivity index (χ1n) is 11.6. The summed E-state index contributed by atoms with van der Waals surface area (Å²) in [5.74, 6) is 6.30. The predicted octanol–water partition coefficient (Wildman–Crippen LogP) is 4.28. The van der Waals surface area contributed by atoms with Crippen molar-refractivity contribution in [3.63, 3.8) is 0 Å². The number of β-amino-alcohol motifs (C(OH)–C–C–N with tert-alkyl or cyclic N) is 1. The SMILES string of the molecule is Cc1c(C#Cc2cnc3ccc(N4CCC(O)C4)nn23)cccc1C(=O)Nc1cccc(C(F)(F)F)c1. The minimum atomic E-state index is -4.50. The summed E-state index contributed by atoms with van der Waals surface area (Å²) >= 11 is 0. The van der Waals surface area contributed by atoms with E-state index in [1.807, 2.05) is 17.0 Å². The molecule has 1 amide bonds. The Morgan fingerprint density at radius 3 is 2.70 bits per heavy atom. The summed E-state index contributed by atoms with van der Waals surface area (Å²) in [7, 11) is 0. The number of carbonyl (C=O) groups excluding carboxylic acids is 1. The highest BCUT2D eigenvalue weighted by atomic mass is 19.4. The Balaban J connectivity index is 1.40. The van der Waals surface area contributed by atoms with E-state index in [2.05, 4.69) is 27.2 Å². The lowest BCUT2D eigenvalue weighted by molar-refractivity contribution is -0.137. The van der Waals surface area contributed by atoms with Crippen LogP contribution in [0.2, 0.25) is 0 Å². The zero-order valence-corrected chi connectivity index (χ0v) is 19.8. The highest BCUT2D eigenvalue weighted by molar-refractivity contribution is 6.05. The van der Waals surface area contributed by atoms with Crippen LogP contribution >= 0.6 is 0 Å². The molecule has 2 aromatic carbocycles. The summed E-state index contributed by atoms with van der Waals surface area (Å²) in [6.45, 7) is 2.96. The van der Waals surface area contributed by atoms with Gasteiger partial charge < -0.3 is 15.3 Å². The molecular weight excluding hydrogens is 483 g/mol. The van der Waals surface area contributed by atoms with E-state index in [0.29, 0.717) is 47.5 Å². The Kier molecular flexibility index (Phi) is 6.31. The Morgan fingerprint density at radius 1 is 1.14 bits per heavy atom. The number of aliphatic hydroxyl groups is 1. The zero-order valence-electron chi connectivity index (χ0n) is 19.8. The van der Waals surface area contributed by atoms with Gasteiger partial charge in [-0.05, 0) is 67.3 Å². The van der Waals surface area contributed by atoms with Crippen LogP contribution in [-0.2, 0) is 6.18 Å². The molecule has 188 valence electrons. The third kappa shape index (κ3) is 5.13. The summed E-state index contributed by atoms with van der Waals surface area (Å²) in [5.41, 5.74) is 1.86. The fraction of sp³-hybridized carbons (Fsp3) is 0.222. The number of nitrogens with one attached hydrogen (secondary N) is 1. The van der Waals surface area contributed by atoms with Crippen LogP contribution in [0.25, 0.3) is 5.65 Å². The Bertz CT molecular complexity index is 1550. The van der Waals surface area contributed by atoms with E-state index in [0.717, 1.165) is 18.0 Å². The molecule has 0 bridgehead atoms. The number of benzene rings is 2. The standard InChI is InChI=1S/C27H22F3N5O2/c1-17-18(4-2-7-23(17)26(37)32-20-6-3-5-19(14-20)27(28,29)30)8-9-21-15-31-24-10-11-25(33-35(21)24)34-13-12-22(36)16-34/h2-7,10-11,14-15,22,36H,12-13,16H2,1H3,(H,32,37). The van der Waals surface area contributed by atoms with Gasteiger partial charge in [0.2, 0.25) is 0 Å². The van der Waals surface area contributed by atoms with Gasteiger partial charge >= 0.3 is 6.18 Å². The number of rotatable bonds is 3. The number of amides is 1. The van der Waals surface area contributed by atoms with E-state index >= 15 is 0 Å². The summed E-state index contributed by atoms with van der Waals surface area (Å²) in [6.07, 6.45) is -2.58. The van der Waals surface area contributed by atoms with Crippen molar-refractivity contribution in [1.29, 1.82) is 0 Å². The molecule has 0 saturated carbocycles. The zero-order chi connectivity index (χ0) is 26.2. The number of nitrogens with zero attached hydrogens (tertiary/aromatic N) is 4. The van der Waals surface area contributed by atoms with Crippen molar-refractivity contribution in [3.8, 4) is 11.8 Å². The first-order valence-corrected chi connectivity index (χ1v) is 11.6. The highest BCUT2D eigenvalue weighted by Crippen LogP contribution is 2.31. The number of anilines is 2. The maximum atomic E-state index is 13.0. The number of imidazole rings is 1. The first kappa shape index (κ1) is 24.3. The Morgan fingerprint density at radius 2 is 1.95 bits per heavy atom. The van der Waals surface area contributed by atoms with Gasteiger partial charge in [-0.15, -0.1) is 5.10 Å². The number of fused-ring (bicyclic) bond motifs is 1. The van der Waals surface area contributed by atoms with Gasteiger partial charge in [-0.1, -0.05) is 18.1 Å². The summed E-state index contributed by atoms with van der Waals surface area (Å²) in [5, 5.41) is 17.0. The molecule has 0 spiro atoms. The van der Waals surface area contributed by atoms with Crippen molar-refractivity contribution < 1.29 is 23.1 Å². The normalized spacial score (nSPS) is 15.5. The first-order chi connectivity index (χ1) is 17.7. The molecule has 5 rings (SSSR count). The van der Waals surface area contributed by atoms with Gasteiger partial charge in [0.25, 0.3) is 5.91 Å². The maximum absolute atomic E-state index is 13.0. The van der Waals surface area contributed by atoms with E-state index in [1.165, 1.54) is 12.1 Å². The van der Waals surface area contributed by atoms with Crippen LogP contribution in [0.1, 0.15) is 39.2 Å². The molecule has 4 aromatic rings. The molecule has 37 heavy (non-hydrogen) atoms. The van der Waals surface area contributed by atoms with E-state index < -0.39 is 17.6 Å². The van der Waals surface area contributed by atoms with Gasteiger partial charge in [-0.25, -0.2) is 9.50 Å². The predicted molar refractivity (Wildman–Crippen MR) is 132 cm³/mol. The van der Waals surface area contributed by atoms with E-state index in [1.54, 1.807) is 35.8 Å².